The van der Waals surface area contributed by atoms with Crippen LogP contribution in [-0.2, 0) is 29.0 Å². The quantitative estimate of drug-likeness (QED) is 0.459. The molecule has 34 heavy (non-hydrogen) atoms. The van der Waals surface area contributed by atoms with Crippen LogP contribution in [0.15, 0.2) is 59.6 Å². The van der Waals surface area contributed by atoms with E-state index >= 15 is 0 Å². The third-order valence-electron chi connectivity index (χ3n) is 6.14. The molecule has 0 saturated carbocycles. The molecule has 0 spiro atoms. The molecule has 178 valence electrons. The Hall–Kier alpha value is -3.39. The first-order chi connectivity index (χ1) is 15.9. The van der Waals surface area contributed by atoms with Gasteiger partial charge in [-0.3, -0.25) is 9.48 Å². The second-order valence-electron chi connectivity index (χ2n) is 9.74. The standard InChI is InChI=1S/C26H30N4O3S/c1-17-9-7-10-18(2)20(17)16-30-22(15-24(27-30)26(3,4)5)25(31)28-34(32,33)23-12-8-11-21-19(23)13-14-29(21)6/h7-15H,16H2,1-6H3,(H,28,31). The molecule has 1 N–H and O–H groups in total. The number of amides is 1. The Kier molecular flexibility index (Phi) is 5.89. The molecule has 2 heterocycles. The van der Waals surface area contributed by atoms with Crippen LogP contribution in [0.4, 0.5) is 0 Å². The lowest BCUT2D eigenvalue weighted by Gasteiger charge is -2.15. The van der Waals surface area contributed by atoms with E-state index in [1.807, 2.05) is 70.5 Å². The molecule has 0 unspecified atom stereocenters. The predicted molar refractivity (Wildman–Crippen MR) is 134 cm³/mol. The number of aromatic nitrogens is 3. The summed E-state index contributed by atoms with van der Waals surface area (Å²) in [7, 11) is -2.26. The Morgan fingerprint density at radius 3 is 2.32 bits per heavy atom. The van der Waals surface area contributed by atoms with E-state index in [0.717, 1.165) is 22.2 Å². The van der Waals surface area contributed by atoms with Crippen molar-refractivity contribution >= 4 is 26.8 Å². The van der Waals surface area contributed by atoms with Gasteiger partial charge in [-0.25, -0.2) is 13.1 Å². The van der Waals surface area contributed by atoms with E-state index in [1.54, 1.807) is 29.1 Å². The Labute approximate surface area is 200 Å². The normalized spacial score (nSPS) is 12.3. The van der Waals surface area contributed by atoms with Crippen molar-refractivity contribution in [2.45, 2.75) is 51.5 Å². The van der Waals surface area contributed by atoms with Gasteiger partial charge in [0.05, 0.1) is 17.1 Å². The summed E-state index contributed by atoms with van der Waals surface area (Å²) in [5, 5.41) is 5.25. The monoisotopic (exact) mass is 478 g/mol. The lowest BCUT2D eigenvalue weighted by atomic mass is 9.92. The molecule has 0 aliphatic heterocycles. The molecule has 8 heteroatoms. The van der Waals surface area contributed by atoms with E-state index < -0.39 is 15.9 Å². The Morgan fingerprint density at radius 1 is 1.03 bits per heavy atom. The maximum atomic E-state index is 13.3. The number of rotatable bonds is 5. The van der Waals surface area contributed by atoms with Crippen molar-refractivity contribution in [3.8, 4) is 0 Å². The molecule has 7 nitrogen and oxygen atoms in total. The second-order valence-corrected chi connectivity index (χ2v) is 11.4. The van der Waals surface area contributed by atoms with Crippen molar-refractivity contribution in [1.82, 2.24) is 19.1 Å². The summed E-state index contributed by atoms with van der Waals surface area (Å²) in [6, 6.07) is 14.5. The van der Waals surface area contributed by atoms with Crippen LogP contribution in [-0.4, -0.2) is 28.7 Å². The lowest BCUT2D eigenvalue weighted by molar-refractivity contribution is 0.0971. The third kappa shape index (κ3) is 4.37. The lowest BCUT2D eigenvalue weighted by Crippen LogP contribution is -2.32. The van der Waals surface area contributed by atoms with Crippen LogP contribution in [0.5, 0.6) is 0 Å². The van der Waals surface area contributed by atoms with Gasteiger partial charge in [-0.2, -0.15) is 5.10 Å². The van der Waals surface area contributed by atoms with Crippen molar-refractivity contribution < 1.29 is 13.2 Å². The number of sulfonamides is 1. The smallest absolute Gasteiger partial charge is 0.283 e. The van der Waals surface area contributed by atoms with Crippen molar-refractivity contribution in [1.29, 1.82) is 0 Å². The zero-order chi connectivity index (χ0) is 24.8. The fraction of sp³-hybridized carbons (Fsp3) is 0.308. The van der Waals surface area contributed by atoms with Crippen LogP contribution >= 0.6 is 0 Å². The van der Waals surface area contributed by atoms with E-state index in [9.17, 15) is 13.2 Å². The Morgan fingerprint density at radius 2 is 1.68 bits per heavy atom. The summed E-state index contributed by atoms with van der Waals surface area (Å²) in [6.45, 7) is 10.4. The summed E-state index contributed by atoms with van der Waals surface area (Å²) in [5.74, 6) is -0.706. The highest BCUT2D eigenvalue weighted by molar-refractivity contribution is 7.90. The van der Waals surface area contributed by atoms with Crippen LogP contribution in [0.3, 0.4) is 0 Å². The van der Waals surface area contributed by atoms with Gasteiger partial charge >= 0.3 is 0 Å². The third-order valence-corrected chi connectivity index (χ3v) is 7.53. The molecule has 0 fully saturated rings. The minimum absolute atomic E-state index is 0.0656. The maximum absolute atomic E-state index is 13.3. The summed E-state index contributed by atoms with van der Waals surface area (Å²) >= 11 is 0. The van der Waals surface area contributed by atoms with E-state index in [-0.39, 0.29) is 16.0 Å². The van der Waals surface area contributed by atoms with Gasteiger partial charge in [0.15, 0.2) is 0 Å². The van der Waals surface area contributed by atoms with Crippen LogP contribution in [0.1, 0.15) is 53.6 Å². The molecule has 4 rings (SSSR count). The first-order valence-electron chi connectivity index (χ1n) is 11.1. The molecule has 0 aliphatic carbocycles. The zero-order valence-electron chi connectivity index (χ0n) is 20.4. The van der Waals surface area contributed by atoms with E-state index in [0.29, 0.717) is 17.6 Å². The highest BCUT2D eigenvalue weighted by Crippen LogP contribution is 2.26. The molecular weight excluding hydrogens is 448 g/mol. The van der Waals surface area contributed by atoms with Crippen molar-refractivity contribution in [3.63, 3.8) is 0 Å². The van der Waals surface area contributed by atoms with Crippen LogP contribution in [0.2, 0.25) is 0 Å². The number of carbonyl (C=O) groups is 1. The van der Waals surface area contributed by atoms with E-state index in [4.69, 9.17) is 5.10 Å². The SMILES string of the molecule is Cc1cccc(C)c1Cn1nc(C(C)(C)C)cc1C(=O)NS(=O)(=O)c1cccc2c1ccn2C. The Balaban J connectivity index is 1.74. The average Bonchev–Trinajstić information content (AvgIpc) is 3.34. The van der Waals surface area contributed by atoms with E-state index in [2.05, 4.69) is 4.72 Å². The fourth-order valence-electron chi connectivity index (χ4n) is 4.07. The molecule has 1 amide bonds. The number of nitrogens with zero attached hydrogens (tertiary/aromatic N) is 3. The number of nitrogens with one attached hydrogen (secondary N) is 1. The van der Waals surface area contributed by atoms with Gasteiger partial charge in [0.2, 0.25) is 0 Å². The average molecular weight is 479 g/mol. The van der Waals surface area contributed by atoms with Gasteiger partial charge in [-0.05, 0) is 54.8 Å². The largest absolute Gasteiger partial charge is 0.351 e. The van der Waals surface area contributed by atoms with Gasteiger partial charge in [0.25, 0.3) is 15.9 Å². The van der Waals surface area contributed by atoms with Crippen molar-refractivity contribution in [3.05, 3.63) is 82.8 Å². The minimum Gasteiger partial charge on any atom is -0.351 e. The molecule has 0 aliphatic rings. The minimum atomic E-state index is -4.11. The summed E-state index contributed by atoms with van der Waals surface area (Å²) < 4.78 is 32.2. The van der Waals surface area contributed by atoms with Gasteiger partial charge in [-0.1, -0.05) is 45.0 Å². The molecule has 4 aromatic rings. The molecule has 2 aromatic heterocycles. The summed E-state index contributed by atoms with van der Waals surface area (Å²) in [5.41, 5.74) is 4.60. The number of hydrogen-bond donors (Lipinski definition) is 1. The molecule has 2 aromatic carbocycles. The maximum Gasteiger partial charge on any atom is 0.283 e. The number of benzene rings is 2. The Bertz CT molecular complexity index is 1480. The van der Waals surface area contributed by atoms with Gasteiger partial charge in [0, 0.05) is 29.6 Å². The summed E-state index contributed by atoms with van der Waals surface area (Å²) in [6.07, 6.45) is 1.79. The number of hydrogen-bond acceptors (Lipinski definition) is 4. The summed E-state index contributed by atoms with van der Waals surface area (Å²) in [4.78, 5) is 13.4. The first kappa shape index (κ1) is 23.8. The number of carbonyl (C=O) groups excluding carboxylic acids is 1. The molecule has 0 radical (unpaired) electrons. The topological polar surface area (TPSA) is 86.0 Å². The van der Waals surface area contributed by atoms with Crippen LogP contribution < -0.4 is 4.72 Å². The molecule has 0 saturated heterocycles. The highest BCUT2D eigenvalue weighted by atomic mass is 32.2. The second kappa shape index (κ2) is 8.43. The van der Waals surface area contributed by atoms with Crippen molar-refractivity contribution in [2.75, 3.05) is 0 Å². The first-order valence-corrected chi connectivity index (χ1v) is 12.6. The molecule has 0 atom stereocenters. The highest BCUT2D eigenvalue weighted by Gasteiger charge is 2.27. The number of aryl methyl sites for hydroxylation is 3. The van der Waals surface area contributed by atoms with E-state index in [1.165, 1.54) is 6.07 Å². The fourth-order valence-corrected chi connectivity index (χ4v) is 5.25. The predicted octanol–water partition coefficient (Wildman–Crippen LogP) is 4.46. The molecular formula is C26H30N4O3S. The van der Waals surface area contributed by atoms with Crippen molar-refractivity contribution in [2.24, 2.45) is 7.05 Å². The number of fused-ring (bicyclic) bond motifs is 1. The molecule has 0 bridgehead atoms. The zero-order valence-corrected chi connectivity index (χ0v) is 21.2. The van der Waals surface area contributed by atoms with Gasteiger partial charge < -0.3 is 4.57 Å². The van der Waals surface area contributed by atoms with Gasteiger partial charge in [0.1, 0.15) is 5.69 Å². The van der Waals surface area contributed by atoms with Crippen LogP contribution in [0.25, 0.3) is 10.9 Å². The van der Waals surface area contributed by atoms with Gasteiger partial charge in [-0.15, -0.1) is 0 Å². The van der Waals surface area contributed by atoms with Crippen LogP contribution in [0, 0.1) is 13.8 Å².